The van der Waals surface area contributed by atoms with Gasteiger partial charge in [-0.15, -0.1) is 0 Å². The number of carbonyl (C=O) groups excluding carboxylic acids is 1. The first kappa shape index (κ1) is 18.7. The fourth-order valence-electron chi connectivity index (χ4n) is 3.36. The molecule has 1 amide bonds. The Morgan fingerprint density at radius 2 is 1.96 bits per heavy atom. The average Bonchev–Trinajstić information content (AvgIpc) is 2.60. The molecule has 1 aliphatic carbocycles. The second-order valence-electron chi connectivity index (χ2n) is 6.80. The lowest BCUT2D eigenvalue weighted by Gasteiger charge is -2.35. The van der Waals surface area contributed by atoms with Gasteiger partial charge in [0.2, 0.25) is 5.91 Å². The van der Waals surface area contributed by atoms with Crippen molar-refractivity contribution in [3.8, 4) is 5.75 Å². The first-order valence-electron chi connectivity index (χ1n) is 8.73. The molecule has 0 spiro atoms. The molecule has 0 bridgehead atoms. The van der Waals surface area contributed by atoms with Crippen molar-refractivity contribution in [1.82, 2.24) is 9.80 Å². The Bertz CT molecular complexity index is 558. The number of carbonyl (C=O) groups is 1. The molecule has 1 saturated carbocycles. The number of rotatable bonds is 6. The molecule has 1 unspecified atom stereocenters. The number of benzene rings is 1. The van der Waals surface area contributed by atoms with Gasteiger partial charge >= 0.3 is 0 Å². The average molecular weight is 336 g/mol. The summed E-state index contributed by atoms with van der Waals surface area (Å²) in [5.74, 6) is 0.00245. The minimum absolute atomic E-state index is 0.137. The second kappa shape index (κ2) is 8.47. The topological polar surface area (TPSA) is 32.8 Å². The van der Waals surface area contributed by atoms with Gasteiger partial charge in [0.25, 0.3) is 0 Å². The van der Waals surface area contributed by atoms with Crippen molar-refractivity contribution in [2.45, 2.75) is 57.7 Å². The molecule has 1 atom stereocenters. The molecule has 134 valence electrons. The number of halogens is 1. The van der Waals surface area contributed by atoms with Crippen molar-refractivity contribution in [3.63, 3.8) is 0 Å². The number of hydrogen-bond donors (Lipinski definition) is 0. The lowest BCUT2D eigenvalue weighted by molar-refractivity contribution is -0.137. The normalized spacial score (nSPS) is 16.9. The first-order chi connectivity index (χ1) is 11.4. The summed E-state index contributed by atoms with van der Waals surface area (Å²) in [4.78, 5) is 16.6. The maximum Gasteiger partial charge on any atom is 0.239 e. The lowest BCUT2D eigenvalue weighted by Crippen LogP contribution is -2.48. The van der Waals surface area contributed by atoms with Crippen LogP contribution in [-0.2, 0) is 11.3 Å². The van der Waals surface area contributed by atoms with Gasteiger partial charge in [0.15, 0.2) is 11.6 Å². The van der Waals surface area contributed by atoms with Crippen LogP contribution < -0.4 is 4.74 Å². The zero-order valence-electron chi connectivity index (χ0n) is 15.2. The highest BCUT2D eigenvalue weighted by atomic mass is 19.1. The summed E-state index contributed by atoms with van der Waals surface area (Å²) < 4.78 is 18.8. The lowest BCUT2D eigenvalue weighted by atomic mass is 9.94. The summed E-state index contributed by atoms with van der Waals surface area (Å²) in [5, 5.41) is 0. The van der Waals surface area contributed by atoms with Crippen LogP contribution in [-0.4, -0.2) is 49.0 Å². The monoisotopic (exact) mass is 336 g/mol. The summed E-state index contributed by atoms with van der Waals surface area (Å²) in [6, 6.07) is 5.05. The summed E-state index contributed by atoms with van der Waals surface area (Å²) in [5.41, 5.74) is 0.829. The van der Waals surface area contributed by atoms with Crippen molar-refractivity contribution < 1.29 is 13.9 Å². The molecular formula is C19H29FN2O2. The van der Waals surface area contributed by atoms with E-state index in [2.05, 4.69) is 0 Å². The molecule has 0 aliphatic heterocycles. The van der Waals surface area contributed by atoms with Crippen molar-refractivity contribution in [3.05, 3.63) is 29.6 Å². The molecule has 1 aromatic rings. The highest BCUT2D eigenvalue weighted by Gasteiger charge is 2.27. The molecule has 5 heteroatoms. The molecule has 1 fully saturated rings. The van der Waals surface area contributed by atoms with Crippen LogP contribution in [0.1, 0.15) is 44.6 Å². The van der Waals surface area contributed by atoms with Crippen molar-refractivity contribution in [2.75, 3.05) is 21.2 Å². The molecule has 4 nitrogen and oxygen atoms in total. The van der Waals surface area contributed by atoms with Crippen molar-refractivity contribution in [2.24, 2.45) is 0 Å². The predicted molar refractivity (Wildman–Crippen MR) is 93.5 cm³/mol. The van der Waals surface area contributed by atoms with Crippen LogP contribution in [0.5, 0.6) is 5.75 Å². The van der Waals surface area contributed by atoms with Gasteiger partial charge in [-0.3, -0.25) is 9.69 Å². The predicted octanol–water partition coefficient (Wildman–Crippen LogP) is 3.45. The number of ether oxygens (including phenoxy) is 1. The Hall–Kier alpha value is -1.62. The molecule has 24 heavy (non-hydrogen) atoms. The summed E-state index contributed by atoms with van der Waals surface area (Å²) in [6.07, 6.45) is 5.89. The number of nitrogens with zero attached hydrogens (tertiary/aromatic N) is 2. The van der Waals surface area contributed by atoms with Crippen LogP contribution in [0.2, 0.25) is 0 Å². The number of methoxy groups -OCH3 is 1. The fourth-order valence-corrected chi connectivity index (χ4v) is 3.36. The second-order valence-corrected chi connectivity index (χ2v) is 6.80. The van der Waals surface area contributed by atoms with E-state index in [4.69, 9.17) is 4.74 Å². The van der Waals surface area contributed by atoms with Gasteiger partial charge in [0, 0.05) is 19.6 Å². The fraction of sp³-hybridized carbons (Fsp3) is 0.632. The van der Waals surface area contributed by atoms with E-state index < -0.39 is 0 Å². The Labute approximate surface area is 144 Å². The summed E-state index contributed by atoms with van der Waals surface area (Å²) in [7, 11) is 5.27. The van der Waals surface area contributed by atoms with Crippen molar-refractivity contribution >= 4 is 5.91 Å². The Morgan fingerprint density at radius 1 is 1.29 bits per heavy atom. The van der Waals surface area contributed by atoms with Crippen LogP contribution in [0.4, 0.5) is 4.39 Å². The van der Waals surface area contributed by atoms with Gasteiger partial charge in [-0.1, -0.05) is 25.3 Å². The van der Waals surface area contributed by atoms with Gasteiger partial charge in [0.1, 0.15) is 0 Å². The number of hydrogen-bond acceptors (Lipinski definition) is 3. The van der Waals surface area contributed by atoms with E-state index in [-0.39, 0.29) is 23.5 Å². The third kappa shape index (κ3) is 4.47. The Balaban J connectivity index is 1.96. The van der Waals surface area contributed by atoms with Crippen LogP contribution in [0, 0.1) is 5.82 Å². The minimum atomic E-state index is -0.373. The minimum Gasteiger partial charge on any atom is -0.494 e. The SMILES string of the molecule is COc1ccc(CN(C)C(C)C(=O)N(C)C2CCCCC2)cc1F. The number of amides is 1. The molecule has 0 N–H and O–H groups in total. The smallest absolute Gasteiger partial charge is 0.239 e. The van der Waals surface area contributed by atoms with Gasteiger partial charge in [-0.2, -0.15) is 0 Å². The van der Waals surface area contributed by atoms with Crippen LogP contribution in [0.3, 0.4) is 0 Å². The largest absolute Gasteiger partial charge is 0.494 e. The van der Waals surface area contributed by atoms with Crippen LogP contribution in [0.15, 0.2) is 18.2 Å². The Kier molecular flexibility index (Phi) is 6.60. The Morgan fingerprint density at radius 3 is 2.54 bits per heavy atom. The molecule has 0 aromatic heterocycles. The highest BCUT2D eigenvalue weighted by molar-refractivity contribution is 5.81. The van der Waals surface area contributed by atoms with Crippen LogP contribution >= 0.6 is 0 Å². The maximum absolute atomic E-state index is 13.8. The summed E-state index contributed by atoms with van der Waals surface area (Å²) in [6.45, 7) is 2.44. The molecule has 1 aromatic carbocycles. The molecule has 0 heterocycles. The van der Waals surface area contributed by atoms with Crippen LogP contribution in [0.25, 0.3) is 0 Å². The van der Waals surface area contributed by atoms with Gasteiger partial charge in [-0.25, -0.2) is 4.39 Å². The van der Waals surface area contributed by atoms with E-state index in [0.717, 1.165) is 18.4 Å². The van der Waals surface area contributed by atoms with E-state index >= 15 is 0 Å². The van der Waals surface area contributed by atoms with E-state index in [1.165, 1.54) is 32.4 Å². The van der Waals surface area contributed by atoms with Gasteiger partial charge in [-0.05, 0) is 44.5 Å². The van der Waals surface area contributed by atoms with E-state index in [1.54, 1.807) is 6.07 Å². The van der Waals surface area contributed by atoms with E-state index in [0.29, 0.717) is 12.6 Å². The first-order valence-corrected chi connectivity index (χ1v) is 8.73. The molecular weight excluding hydrogens is 307 g/mol. The molecule has 2 rings (SSSR count). The molecule has 0 saturated heterocycles. The van der Waals surface area contributed by atoms with E-state index in [1.807, 2.05) is 36.9 Å². The third-order valence-corrected chi connectivity index (χ3v) is 5.14. The molecule has 0 radical (unpaired) electrons. The standard InChI is InChI=1S/C19H29FN2O2/c1-14(19(23)22(3)16-8-6-5-7-9-16)21(2)13-15-10-11-18(24-4)17(20)12-15/h10-12,14,16H,5-9,13H2,1-4H3. The maximum atomic E-state index is 13.8. The number of likely N-dealkylation sites (N-methyl/N-ethyl adjacent to an activating group) is 2. The highest BCUT2D eigenvalue weighted by Crippen LogP contribution is 2.23. The van der Waals surface area contributed by atoms with Gasteiger partial charge < -0.3 is 9.64 Å². The zero-order valence-corrected chi connectivity index (χ0v) is 15.2. The third-order valence-electron chi connectivity index (χ3n) is 5.14. The quantitative estimate of drug-likeness (QED) is 0.798. The van der Waals surface area contributed by atoms with Gasteiger partial charge in [0.05, 0.1) is 13.2 Å². The van der Waals surface area contributed by atoms with E-state index in [9.17, 15) is 9.18 Å². The molecule has 1 aliphatic rings. The summed E-state index contributed by atoms with van der Waals surface area (Å²) >= 11 is 0. The zero-order chi connectivity index (χ0) is 17.7. The van der Waals surface area contributed by atoms with Crippen molar-refractivity contribution in [1.29, 1.82) is 0 Å².